The first-order valence-electron chi connectivity index (χ1n) is 6.63. The first-order valence-corrected chi connectivity index (χ1v) is 6.63. The number of hydrogen-bond acceptors (Lipinski definition) is 7. The van der Waals surface area contributed by atoms with Crippen molar-refractivity contribution in [3.63, 3.8) is 0 Å². The van der Waals surface area contributed by atoms with Gasteiger partial charge in [0.25, 0.3) is 0 Å². The van der Waals surface area contributed by atoms with E-state index in [4.69, 9.17) is 15.2 Å². The minimum atomic E-state index is 0.512. The second-order valence-electron chi connectivity index (χ2n) is 4.65. The summed E-state index contributed by atoms with van der Waals surface area (Å²) >= 11 is 0. The van der Waals surface area contributed by atoms with E-state index >= 15 is 0 Å². The highest BCUT2D eigenvalue weighted by Crippen LogP contribution is 2.20. The quantitative estimate of drug-likeness (QED) is 0.789. The molecule has 2 N–H and O–H groups in total. The van der Waals surface area contributed by atoms with E-state index in [0.29, 0.717) is 25.0 Å². The van der Waals surface area contributed by atoms with Crippen LogP contribution in [0.1, 0.15) is 0 Å². The lowest BCUT2D eigenvalue weighted by molar-refractivity contribution is 0.121. The lowest BCUT2D eigenvalue weighted by Gasteiger charge is -2.30. The summed E-state index contributed by atoms with van der Waals surface area (Å²) in [5, 5.41) is 0. The summed E-state index contributed by atoms with van der Waals surface area (Å²) < 4.78 is 10.7. The van der Waals surface area contributed by atoms with Crippen LogP contribution >= 0.6 is 0 Å². The summed E-state index contributed by atoms with van der Waals surface area (Å²) in [4.78, 5) is 13.3. The molecule has 2 aliphatic rings. The standard InChI is InChI=1S/C12H19N5O2/c13-10-9-11(16-1-5-18-6-2-16)15-12(14-10)17-3-7-19-8-4-17/h9H,1-8H2,(H2,13,14,15). The van der Waals surface area contributed by atoms with Crippen molar-refractivity contribution in [1.29, 1.82) is 0 Å². The monoisotopic (exact) mass is 265 g/mol. The second kappa shape index (κ2) is 5.58. The van der Waals surface area contributed by atoms with Crippen LogP contribution in [0.15, 0.2) is 6.07 Å². The molecule has 0 saturated carbocycles. The fourth-order valence-electron chi connectivity index (χ4n) is 2.30. The number of aromatic nitrogens is 2. The molecule has 104 valence electrons. The topological polar surface area (TPSA) is 76.7 Å². The normalized spacial score (nSPS) is 20.6. The zero-order valence-corrected chi connectivity index (χ0v) is 10.9. The molecule has 1 aromatic heterocycles. The van der Waals surface area contributed by atoms with Gasteiger partial charge >= 0.3 is 0 Å². The van der Waals surface area contributed by atoms with Crippen LogP contribution in [0.5, 0.6) is 0 Å². The molecule has 19 heavy (non-hydrogen) atoms. The van der Waals surface area contributed by atoms with Crippen molar-refractivity contribution < 1.29 is 9.47 Å². The Bertz CT molecular complexity index is 394. The molecule has 0 spiro atoms. The Morgan fingerprint density at radius 1 is 0.895 bits per heavy atom. The van der Waals surface area contributed by atoms with Gasteiger partial charge in [-0.2, -0.15) is 9.97 Å². The molecule has 0 unspecified atom stereocenters. The highest BCUT2D eigenvalue weighted by Gasteiger charge is 2.18. The van der Waals surface area contributed by atoms with Crippen molar-refractivity contribution in [1.82, 2.24) is 9.97 Å². The first kappa shape index (κ1) is 12.4. The average Bonchev–Trinajstić information content (AvgIpc) is 2.48. The van der Waals surface area contributed by atoms with Crippen molar-refractivity contribution in [2.24, 2.45) is 0 Å². The lowest BCUT2D eigenvalue weighted by atomic mass is 10.4. The Hall–Kier alpha value is -1.60. The van der Waals surface area contributed by atoms with Crippen molar-refractivity contribution in [2.75, 3.05) is 68.1 Å². The second-order valence-corrected chi connectivity index (χ2v) is 4.65. The third kappa shape index (κ3) is 2.87. The van der Waals surface area contributed by atoms with Crippen LogP contribution in [0.25, 0.3) is 0 Å². The molecule has 7 nitrogen and oxygen atoms in total. The molecule has 2 fully saturated rings. The largest absolute Gasteiger partial charge is 0.383 e. The number of nitrogen functional groups attached to an aromatic ring is 1. The van der Waals surface area contributed by atoms with E-state index in [1.54, 1.807) is 0 Å². The summed E-state index contributed by atoms with van der Waals surface area (Å²) in [6.07, 6.45) is 0. The third-order valence-corrected chi connectivity index (χ3v) is 3.35. The van der Waals surface area contributed by atoms with Gasteiger partial charge in [0.15, 0.2) is 0 Å². The Balaban J connectivity index is 1.82. The van der Waals surface area contributed by atoms with Crippen molar-refractivity contribution >= 4 is 17.6 Å². The summed E-state index contributed by atoms with van der Waals surface area (Å²) in [5.41, 5.74) is 5.91. The molecule has 0 bridgehead atoms. The van der Waals surface area contributed by atoms with Gasteiger partial charge in [0, 0.05) is 32.2 Å². The van der Waals surface area contributed by atoms with Gasteiger partial charge in [0.1, 0.15) is 11.6 Å². The van der Waals surface area contributed by atoms with Crippen LogP contribution in [0.4, 0.5) is 17.6 Å². The average molecular weight is 265 g/mol. The maximum Gasteiger partial charge on any atom is 0.229 e. The molecule has 7 heteroatoms. The fraction of sp³-hybridized carbons (Fsp3) is 0.667. The van der Waals surface area contributed by atoms with E-state index in [0.717, 1.165) is 45.2 Å². The number of ether oxygens (including phenoxy) is 2. The molecule has 0 radical (unpaired) electrons. The van der Waals surface area contributed by atoms with E-state index in [1.807, 2.05) is 6.07 Å². The van der Waals surface area contributed by atoms with Crippen molar-refractivity contribution in [3.05, 3.63) is 6.07 Å². The van der Waals surface area contributed by atoms with E-state index < -0.39 is 0 Å². The third-order valence-electron chi connectivity index (χ3n) is 3.35. The Morgan fingerprint density at radius 2 is 1.47 bits per heavy atom. The van der Waals surface area contributed by atoms with Gasteiger partial charge in [-0.15, -0.1) is 0 Å². The molecule has 3 heterocycles. The smallest absolute Gasteiger partial charge is 0.229 e. The Labute approximate surface area is 112 Å². The molecule has 3 rings (SSSR count). The first-order chi connectivity index (χ1) is 9.33. The molecule has 0 atom stereocenters. The molecule has 0 aliphatic carbocycles. The maximum atomic E-state index is 5.91. The van der Waals surface area contributed by atoms with Crippen LogP contribution in [0, 0.1) is 0 Å². The van der Waals surface area contributed by atoms with Gasteiger partial charge < -0.3 is 25.0 Å². The minimum Gasteiger partial charge on any atom is -0.383 e. The van der Waals surface area contributed by atoms with E-state index in [1.165, 1.54) is 0 Å². The SMILES string of the molecule is Nc1cc(N2CCOCC2)nc(N2CCOCC2)n1. The van der Waals surface area contributed by atoms with Gasteiger partial charge in [-0.25, -0.2) is 0 Å². The number of nitrogens with zero attached hydrogens (tertiary/aromatic N) is 4. The van der Waals surface area contributed by atoms with Gasteiger partial charge in [0.2, 0.25) is 5.95 Å². The highest BCUT2D eigenvalue weighted by atomic mass is 16.5. The zero-order chi connectivity index (χ0) is 13.1. The summed E-state index contributed by atoms with van der Waals surface area (Å²) in [6.45, 7) is 6.21. The molecule has 2 aliphatic heterocycles. The molecule has 0 aromatic carbocycles. The van der Waals surface area contributed by atoms with Gasteiger partial charge in [0.05, 0.1) is 26.4 Å². The molecule has 2 saturated heterocycles. The fourth-order valence-corrected chi connectivity index (χ4v) is 2.30. The minimum absolute atomic E-state index is 0.512. The van der Waals surface area contributed by atoms with E-state index in [-0.39, 0.29) is 0 Å². The number of morpholine rings is 2. The summed E-state index contributed by atoms with van der Waals surface area (Å²) in [6, 6.07) is 1.83. The molecular formula is C12H19N5O2. The zero-order valence-electron chi connectivity index (χ0n) is 10.9. The Morgan fingerprint density at radius 3 is 2.11 bits per heavy atom. The summed E-state index contributed by atoms with van der Waals surface area (Å²) in [5.74, 6) is 2.10. The van der Waals surface area contributed by atoms with Crippen LogP contribution in [-0.2, 0) is 9.47 Å². The Kier molecular flexibility index (Phi) is 3.65. The van der Waals surface area contributed by atoms with Gasteiger partial charge in [-0.3, -0.25) is 0 Å². The number of anilines is 3. The van der Waals surface area contributed by atoms with Crippen LogP contribution in [0.3, 0.4) is 0 Å². The molecule has 0 amide bonds. The van der Waals surface area contributed by atoms with Crippen LogP contribution in [0.2, 0.25) is 0 Å². The molecule has 1 aromatic rings. The predicted octanol–water partition coefficient (Wildman–Crippen LogP) is -0.268. The van der Waals surface area contributed by atoms with E-state index in [2.05, 4.69) is 19.8 Å². The number of hydrogen-bond donors (Lipinski definition) is 1. The predicted molar refractivity (Wildman–Crippen MR) is 72.5 cm³/mol. The van der Waals surface area contributed by atoms with Crippen molar-refractivity contribution in [2.45, 2.75) is 0 Å². The highest BCUT2D eigenvalue weighted by molar-refractivity contribution is 5.52. The molecular weight excluding hydrogens is 246 g/mol. The van der Waals surface area contributed by atoms with Gasteiger partial charge in [-0.1, -0.05) is 0 Å². The number of nitrogens with two attached hydrogens (primary N) is 1. The maximum absolute atomic E-state index is 5.91. The summed E-state index contributed by atoms with van der Waals surface area (Å²) in [7, 11) is 0. The van der Waals surface area contributed by atoms with Crippen LogP contribution < -0.4 is 15.5 Å². The van der Waals surface area contributed by atoms with E-state index in [9.17, 15) is 0 Å². The van der Waals surface area contributed by atoms with Crippen LogP contribution in [-0.4, -0.2) is 62.6 Å². The van der Waals surface area contributed by atoms with Crippen molar-refractivity contribution in [3.8, 4) is 0 Å². The van der Waals surface area contributed by atoms with Gasteiger partial charge in [-0.05, 0) is 0 Å². The lowest BCUT2D eigenvalue weighted by Crippen LogP contribution is -2.39. The number of rotatable bonds is 2.